The van der Waals surface area contributed by atoms with Crippen LogP contribution in [-0.4, -0.2) is 9.55 Å². The van der Waals surface area contributed by atoms with Crippen molar-refractivity contribution >= 4 is 32.6 Å². The quantitative estimate of drug-likeness (QED) is 0.385. The van der Waals surface area contributed by atoms with Gasteiger partial charge in [-0.25, -0.2) is 4.98 Å². The van der Waals surface area contributed by atoms with E-state index >= 15 is 0 Å². The molecule has 24 heavy (non-hydrogen) atoms. The van der Waals surface area contributed by atoms with Gasteiger partial charge in [-0.3, -0.25) is 0 Å². The molecule has 0 aliphatic heterocycles. The topological polar surface area (TPSA) is 31.0 Å². The first-order valence-electron chi connectivity index (χ1n) is 8.07. The van der Waals surface area contributed by atoms with Gasteiger partial charge >= 0.3 is 0 Å². The molecule has 0 N–H and O–H groups in total. The fraction of sp³-hybridized carbons (Fsp3) is 0.0952. The van der Waals surface area contributed by atoms with E-state index in [4.69, 9.17) is 9.40 Å². The molecule has 0 amide bonds. The molecule has 0 spiro atoms. The van der Waals surface area contributed by atoms with Gasteiger partial charge in [0.1, 0.15) is 5.76 Å². The smallest absolute Gasteiger partial charge is 0.177 e. The fourth-order valence-electron chi connectivity index (χ4n) is 3.62. The first kappa shape index (κ1) is 13.4. The van der Waals surface area contributed by atoms with E-state index in [0.29, 0.717) is 0 Å². The molecule has 2 heterocycles. The van der Waals surface area contributed by atoms with Crippen LogP contribution in [0.4, 0.5) is 0 Å². The third-order valence-corrected chi connectivity index (χ3v) is 4.71. The molecule has 0 radical (unpaired) electrons. The van der Waals surface area contributed by atoms with Crippen LogP contribution in [0.3, 0.4) is 0 Å². The fourth-order valence-corrected chi connectivity index (χ4v) is 3.62. The second-order valence-electron chi connectivity index (χ2n) is 6.19. The minimum Gasteiger partial charge on any atom is -0.458 e. The van der Waals surface area contributed by atoms with Crippen molar-refractivity contribution in [1.82, 2.24) is 9.55 Å². The van der Waals surface area contributed by atoms with E-state index in [1.807, 2.05) is 19.1 Å². The highest BCUT2D eigenvalue weighted by Crippen LogP contribution is 2.36. The Morgan fingerprint density at radius 2 is 1.42 bits per heavy atom. The molecule has 0 aliphatic rings. The first-order chi connectivity index (χ1) is 11.7. The summed E-state index contributed by atoms with van der Waals surface area (Å²) in [4.78, 5) is 4.94. The van der Waals surface area contributed by atoms with E-state index in [9.17, 15) is 0 Å². The predicted octanol–water partition coefficient (Wildman–Crippen LogP) is 5.45. The van der Waals surface area contributed by atoms with E-state index in [2.05, 4.69) is 60.1 Å². The number of nitrogens with zero attached hydrogens (tertiary/aromatic N) is 2. The molecule has 0 unspecified atom stereocenters. The summed E-state index contributed by atoms with van der Waals surface area (Å²) in [6.07, 6.45) is 0. The number of imidazole rings is 1. The molecular formula is C21H16N2O. The van der Waals surface area contributed by atoms with Gasteiger partial charge in [0.15, 0.2) is 11.6 Å². The zero-order valence-corrected chi connectivity index (χ0v) is 13.6. The Labute approximate surface area is 139 Å². The molecule has 5 rings (SSSR count). The molecule has 3 aromatic carbocycles. The molecule has 2 aromatic heterocycles. The summed E-state index contributed by atoms with van der Waals surface area (Å²) < 4.78 is 7.96. The zero-order chi connectivity index (χ0) is 16.3. The number of aryl methyl sites for hydroxylation is 2. The summed E-state index contributed by atoms with van der Waals surface area (Å²) in [6.45, 7) is 1.96. The van der Waals surface area contributed by atoms with Gasteiger partial charge in [-0.1, -0.05) is 48.5 Å². The molecule has 3 heteroatoms. The predicted molar refractivity (Wildman–Crippen MR) is 98.2 cm³/mol. The molecule has 0 bridgehead atoms. The van der Waals surface area contributed by atoms with Crippen LogP contribution < -0.4 is 0 Å². The maximum atomic E-state index is 5.82. The van der Waals surface area contributed by atoms with Gasteiger partial charge in [0.25, 0.3) is 0 Å². The molecule has 0 saturated heterocycles. The Balaban J connectivity index is 2.03. The van der Waals surface area contributed by atoms with Crippen LogP contribution in [0.2, 0.25) is 0 Å². The minimum absolute atomic E-state index is 0.805. The molecule has 0 aliphatic carbocycles. The van der Waals surface area contributed by atoms with Gasteiger partial charge in [0.05, 0.1) is 11.0 Å². The van der Waals surface area contributed by atoms with Crippen LogP contribution in [0, 0.1) is 6.92 Å². The van der Waals surface area contributed by atoms with Gasteiger partial charge in [-0.05, 0) is 29.8 Å². The van der Waals surface area contributed by atoms with E-state index in [1.54, 1.807) is 0 Å². The summed E-state index contributed by atoms with van der Waals surface area (Å²) in [5, 5.41) is 4.89. The van der Waals surface area contributed by atoms with E-state index in [0.717, 1.165) is 28.4 Å². The summed E-state index contributed by atoms with van der Waals surface area (Å²) in [6, 6.07) is 21.0. The number of furan rings is 1. The average Bonchev–Trinajstić information content (AvgIpc) is 3.19. The lowest BCUT2D eigenvalue weighted by Crippen LogP contribution is -1.92. The van der Waals surface area contributed by atoms with Crippen molar-refractivity contribution in [3.8, 4) is 11.6 Å². The van der Waals surface area contributed by atoms with Gasteiger partial charge < -0.3 is 8.98 Å². The first-order valence-corrected chi connectivity index (χ1v) is 8.07. The Bertz CT molecular complexity index is 1230. The van der Waals surface area contributed by atoms with Crippen molar-refractivity contribution in [2.24, 2.45) is 7.05 Å². The molecule has 3 nitrogen and oxygen atoms in total. The molecular weight excluding hydrogens is 296 g/mol. The third-order valence-electron chi connectivity index (χ3n) is 4.71. The lowest BCUT2D eigenvalue weighted by molar-refractivity contribution is 0.542. The van der Waals surface area contributed by atoms with Crippen molar-refractivity contribution in [2.75, 3.05) is 0 Å². The number of fused-ring (bicyclic) bond motifs is 6. The number of aromatic nitrogens is 2. The number of hydrogen-bond acceptors (Lipinski definition) is 2. The Morgan fingerprint density at radius 1 is 0.792 bits per heavy atom. The number of rotatable bonds is 1. The maximum absolute atomic E-state index is 5.82. The third kappa shape index (κ3) is 1.69. The summed E-state index contributed by atoms with van der Waals surface area (Å²) in [5.74, 6) is 2.56. The van der Waals surface area contributed by atoms with Gasteiger partial charge in [-0.15, -0.1) is 0 Å². The van der Waals surface area contributed by atoms with Crippen LogP contribution in [0.15, 0.2) is 65.1 Å². The van der Waals surface area contributed by atoms with Crippen LogP contribution in [-0.2, 0) is 7.05 Å². The molecule has 116 valence electrons. The van der Waals surface area contributed by atoms with Gasteiger partial charge in [-0.2, -0.15) is 0 Å². The molecule has 5 aromatic rings. The van der Waals surface area contributed by atoms with Crippen molar-refractivity contribution in [1.29, 1.82) is 0 Å². The van der Waals surface area contributed by atoms with Gasteiger partial charge in [0.2, 0.25) is 0 Å². The Hall–Kier alpha value is -3.07. The normalized spacial score (nSPS) is 11.8. The van der Waals surface area contributed by atoms with E-state index in [-0.39, 0.29) is 0 Å². The van der Waals surface area contributed by atoms with Crippen LogP contribution in [0.5, 0.6) is 0 Å². The van der Waals surface area contributed by atoms with Crippen LogP contribution >= 0.6 is 0 Å². The van der Waals surface area contributed by atoms with E-state index < -0.39 is 0 Å². The molecule has 0 fully saturated rings. The monoisotopic (exact) mass is 312 g/mol. The second kappa shape index (κ2) is 4.71. The Morgan fingerprint density at radius 3 is 2.08 bits per heavy atom. The SMILES string of the molecule is Cc1ccc(-c2nc3c4ccccc4c4ccccc4c3n2C)o1. The van der Waals surface area contributed by atoms with Crippen molar-refractivity contribution in [3.05, 3.63) is 66.4 Å². The minimum atomic E-state index is 0.805. The van der Waals surface area contributed by atoms with Crippen molar-refractivity contribution in [2.45, 2.75) is 6.92 Å². The number of benzene rings is 3. The zero-order valence-electron chi connectivity index (χ0n) is 13.6. The standard InChI is InChI=1S/C21H16N2O/c1-13-11-12-18(24-13)21-22-19-16-9-5-3-7-14(16)15-8-4-6-10-17(15)20(19)23(21)2/h3-12H,1-2H3. The lowest BCUT2D eigenvalue weighted by atomic mass is 10.00. The van der Waals surface area contributed by atoms with Crippen molar-refractivity contribution < 1.29 is 4.42 Å². The summed E-state index contributed by atoms with van der Waals surface area (Å²) in [7, 11) is 2.06. The molecule has 0 atom stereocenters. The van der Waals surface area contributed by atoms with Crippen molar-refractivity contribution in [3.63, 3.8) is 0 Å². The summed E-state index contributed by atoms with van der Waals surface area (Å²) in [5.41, 5.74) is 2.17. The average molecular weight is 312 g/mol. The lowest BCUT2D eigenvalue weighted by Gasteiger charge is -2.07. The van der Waals surface area contributed by atoms with Crippen LogP contribution in [0.1, 0.15) is 5.76 Å². The highest BCUT2D eigenvalue weighted by atomic mass is 16.3. The van der Waals surface area contributed by atoms with Crippen LogP contribution in [0.25, 0.3) is 44.2 Å². The Kier molecular flexibility index (Phi) is 2.63. The van der Waals surface area contributed by atoms with Gasteiger partial charge in [0, 0.05) is 17.8 Å². The highest BCUT2D eigenvalue weighted by Gasteiger charge is 2.17. The summed E-state index contributed by atoms with van der Waals surface area (Å²) >= 11 is 0. The maximum Gasteiger partial charge on any atom is 0.177 e. The second-order valence-corrected chi connectivity index (χ2v) is 6.19. The highest BCUT2D eigenvalue weighted by molar-refractivity contribution is 6.23. The largest absolute Gasteiger partial charge is 0.458 e. The van der Waals surface area contributed by atoms with E-state index in [1.165, 1.54) is 21.5 Å². The number of hydrogen-bond donors (Lipinski definition) is 0. The molecule has 0 saturated carbocycles.